The lowest BCUT2D eigenvalue weighted by molar-refractivity contribution is 0.212. The minimum atomic E-state index is 0. The van der Waals surface area contributed by atoms with Crippen LogP contribution >= 0.6 is 12.4 Å². The molecule has 5 rings (SSSR count). The van der Waals surface area contributed by atoms with E-state index in [0.29, 0.717) is 11.8 Å². The van der Waals surface area contributed by atoms with Crippen LogP contribution in [0.25, 0.3) is 0 Å². The molecule has 0 bridgehead atoms. The molecule has 0 saturated carbocycles. The first-order valence-electron chi connectivity index (χ1n) is 11.3. The number of rotatable bonds is 6. The third kappa shape index (κ3) is 5.16. The summed E-state index contributed by atoms with van der Waals surface area (Å²) in [4.78, 5) is 2.53. The highest BCUT2D eigenvalue weighted by Gasteiger charge is 2.38. The van der Waals surface area contributed by atoms with Crippen molar-refractivity contribution in [2.45, 2.75) is 25.3 Å². The van der Waals surface area contributed by atoms with Crippen molar-refractivity contribution in [3.63, 3.8) is 0 Å². The normalized spacial score (nSPS) is 18.9. The summed E-state index contributed by atoms with van der Waals surface area (Å²) in [6.45, 7) is 3.79. The summed E-state index contributed by atoms with van der Waals surface area (Å²) in [5.74, 6) is 2.81. The maximum Gasteiger partial charge on any atom is 0.122 e. The zero-order chi connectivity index (χ0) is 21.9. The quantitative estimate of drug-likeness (QED) is 0.495. The van der Waals surface area contributed by atoms with Gasteiger partial charge in [0.1, 0.15) is 11.5 Å². The average Bonchev–Trinajstić information content (AvgIpc) is 3.26. The lowest BCUT2D eigenvalue weighted by Crippen LogP contribution is -2.25. The van der Waals surface area contributed by atoms with Crippen LogP contribution in [0.15, 0.2) is 66.7 Å². The summed E-state index contributed by atoms with van der Waals surface area (Å²) in [5.41, 5.74) is 5.97. The molecule has 2 aliphatic rings. The van der Waals surface area contributed by atoms with E-state index in [9.17, 15) is 5.26 Å². The largest absolute Gasteiger partial charge is 0.497 e. The number of nitrogens with zero attached hydrogens (tertiary/aromatic N) is 2. The number of hydrogen-bond donors (Lipinski definition) is 0. The van der Waals surface area contributed by atoms with Crippen molar-refractivity contribution >= 4 is 12.4 Å². The molecule has 0 aliphatic carbocycles. The number of benzene rings is 3. The van der Waals surface area contributed by atoms with Gasteiger partial charge in [-0.3, -0.25) is 4.90 Å². The topological polar surface area (TPSA) is 45.5 Å². The molecule has 1 fully saturated rings. The Balaban J connectivity index is 0.00000259. The van der Waals surface area contributed by atoms with E-state index in [1.54, 1.807) is 7.11 Å². The Morgan fingerprint density at radius 3 is 2.27 bits per heavy atom. The predicted molar refractivity (Wildman–Crippen MR) is 132 cm³/mol. The van der Waals surface area contributed by atoms with E-state index in [1.807, 2.05) is 30.3 Å². The van der Waals surface area contributed by atoms with Gasteiger partial charge < -0.3 is 9.47 Å². The zero-order valence-electron chi connectivity index (χ0n) is 18.9. The number of aryl methyl sites for hydroxylation is 2. The lowest BCUT2D eigenvalue weighted by Gasteiger charge is -2.27. The van der Waals surface area contributed by atoms with Gasteiger partial charge >= 0.3 is 0 Å². The van der Waals surface area contributed by atoms with Crippen molar-refractivity contribution in [2.75, 3.05) is 26.8 Å². The van der Waals surface area contributed by atoms with E-state index in [1.165, 1.54) is 22.3 Å². The van der Waals surface area contributed by atoms with Crippen LogP contribution in [0.5, 0.6) is 11.5 Å². The van der Waals surface area contributed by atoms with E-state index >= 15 is 0 Å². The predicted octanol–water partition coefficient (Wildman–Crippen LogP) is 5.38. The van der Waals surface area contributed by atoms with Gasteiger partial charge in [-0.2, -0.15) is 5.26 Å². The fourth-order valence-corrected chi connectivity index (χ4v) is 5.00. The molecule has 4 nitrogen and oxygen atoms in total. The Bertz CT molecular complexity index is 1120. The Labute approximate surface area is 202 Å². The standard InChI is InChI=1S/C28H28N2O2.ClH/c1-31-25-11-8-21(9-12-25)3-2-20-4-6-22(7-5-20)16-30-17-24-19-32-28-13-10-23(15-29)14-26(28)27(24)18-30;/h4-14,24,27H,2-3,16-19H2,1H3;1H/t24-,27+;/m0./s1. The van der Waals surface area contributed by atoms with Gasteiger partial charge in [0, 0.05) is 37.0 Å². The molecule has 2 atom stereocenters. The van der Waals surface area contributed by atoms with Crippen LogP contribution in [-0.2, 0) is 19.4 Å². The van der Waals surface area contributed by atoms with Gasteiger partial charge in [-0.05, 0) is 59.9 Å². The molecule has 0 unspecified atom stereocenters. The fraction of sp³-hybridized carbons (Fsp3) is 0.321. The monoisotopic (exact) mass is 460 g/mol. The third-order valence-electron chi connectivity index (χ3n) is 6.80. The van der Waals surface area contributed by atoms with E-state index in [4.69, 9.17) is 9.47 Å². The van der Waals surface area contributed by atoms with Gasteiger partial charge in [-0.1, -0.05) is 36.4 Å². The smallest absolute Gasteiger partial charge is 0.122 e. The van der Waals surface area contributed by atoms with Crippen molar-refractivity contribution in [2.24, 2.45) is 5.92 Å². The number of halogens is 1. The highest BCUT2D eigenvalue weighted by molar-refractivity contribution is 5.85. The molecule has 3 aromatic rings. The molecule has 1 saturated heterocycles. The second-order valence-corrected chi connectivity index (χ2v) is 8.90. The van der Waals surface area contributed by atoms with Crippen molar-refractivity contribution in [1.82, 2.24) is 4.90 Å². The van der Waals surface area contributed by atoms with E-state index in [2.05, 4.69) is 47.4 Å². The van der Waals surface area contributed by atoms with Gasteiger partial charge in [0.15, 0.2) is 0 Å². The number of likely N-dealkylation sites (tertiary alicyclic amines) is 1. The van der Waals surface area contributed by atoms with Crippen molar-refractivity contribution in [3.05, 3.63) is 94.5 Å². The molecule has 0 spiro atoms. The van der Waals surface area contributed by atoms with Crippen LogP contribution in [0.2, 0.25) is 0 Å². The van der Waals surface area contributed by atoms with Gasteiger partial charge in [-0.25, -0.2) is 0 Å². The molecular weight excluding hydrogens is 432 g/mol. The van der Waals surface area contributed by atoms with Crippen LogP contribution < -0.4 is 9.47 Å². The lowest BCUT2D eigenvalue weighted by atomic mass is 9.86. The van der Waals surface area contributed by atoms with E-state index < -0.39 is 0 Å². The number of nitriles is 1. The summed E-state index contributed by atoms with van der Waals surface area (Å²) >= 11 is 0. The number of methoxy groups -OCH3 is 1. The number of hydrogen-bond acceptors (Lipinski definition) is 4. The zero-order valence-corrected chi connectivity index (χ0v) is 19.7. The Morgan fingerprint density at radius 2 is 1.61 bits per heavy atom. The highest BCUT2D eigenvalue weighted by atomic mass is 35.5. The summed E-state index contributed by atoms with van der Waals surface area (Å²) < 4.78 is 11.2. The first-order valence-corrected chi connectivity index (χ1v) is 11.3. The number of fused-ring (bicyclic) bond motifs is 3. The van der Waals surface area contributed by atoms with E-state index in [-0.39, 0.29) is 12.4 Å². The minimum absolute atomic E-state index is 0. The first-order chi connectivity index (χ1) is 15.7. The molecule has 3 aromatic carbocycles. The van der Waals surface area contributed by atoms with Gasteiger partial charge in [0.25, 0.3) is 0 Å². The van der Waals surface area contributed by atoms with Crippen LogP contribution in [0, 0.1) is 17.2 Å². The molecule has 5 heteroatoms. The average molecular weight is 461 g/mol. The van der Waals surface area contributed by atoms with Crippen LogP contribution in [0.1, 0.15) is 33.7 Å². The van der Waals surface area contributed by atoms with Gasteiger partial charge in [0.05, 0.1) is 25.3 Å². The molecule has 0 aromatic heterocycles. The summed E-state index contributed by atoms with van der Waals surface area (Å²) in [7, 11) is 1.70. The van der Waals surface area contributed by atoms with Gasteiger partial charge in [0.2, 0.25) is 0 Å². The van der Waals surface area contributed by atoms with Crippen LogP contribution in [0.3, 0.4) is 0 Å². The summed E-state index contributed by atoms with van der Waals surface area (Å²) in [6, 6.07) is 25.5. The second kappa shape index (κ2) is 10.3. The number of ether oxygens (including phenoxy) is 2. The van der Waals surface area contributed by atoms with Crippen LogP contribution in [-0.4, -0.2) is 31.7 Å². The van der Waals surface area contributed by atoms with Crippen molar-refractivity contribution in [3.8, 4) is 17.6 Å². The summed E-state index contributed by atoms with van der Waals surface area (Å²) in [5, 5.41) is 9.27. The fourth-order valence-electron chi connectivity index (χ4n) is 5.00. The molecule has 0 amide bonds. The second-order valence-electron chi connectivity index (χ2n) is 8.90. The molecular formula is C28H29ClN2O2. The molecule has 2 heterocycles. The Hall–Kier alpha value is -3.00. The Morgan fingerprint density at radius 1 is 0.939 bits per heavy atom. The van der Waals surface area contributed by atoms with Gasteiger partial charge in [-0.15, -0.1) is 12.4 Å². The third-order valence-corrected chi connectivity index (χ3v) is 6.80. The molecule has 33 heavy (non-hydrogen) atoms. The summed E-state index contributed by atoms with van der Waals surface area (Å²) in [6.07, 6.45) is 2.07. The van der Waals surface area contributed by atoms with Crippen molar-refractivity contribution < 1.29 is 9.47 Å². The molecule has 0 N–H and O–H groups in total. The molecule has 170 valence electrons. The SMILES string of the molecule is COc1ccc(CCc2ccc(CN3C[C@H]4COc5ccc(C#N)cc5[C@@H]4C3)cc2)cc1.Cl. The minimum Gasteiger partial charge on any atom is -0.497 e. The highest BCUT2D eigenvalue weighted by Crippen LogP contribution is 2.42. The van der Waals surface area contributed by atoms with Crippen molar-refractivity contribution in [1.29, 1.82) is 5.26 Å². The van der Waals surface area contributed by atoms with Crippen LogP contribution in [0.4, 0.5) is 0 Å². The molecule has 2 aliphatic heterocycles. The Kier molecular flexibility index (Phi) is 7.23. The maximum atomic E-state index is 9.27. The first kappa shape index (κ1) is 23.2. The molecule has 0 radical (unpaired) electrons. The van der Waals surface area contributed by atoms with E-state index in [0.717, 1.165) is 56.1 Å². The maximum absolute atomic E-state index is 9.27.